The van der Waals surface area contributed by atoms with Crippen LogP contribution in [-0.2, 0) is 20.6 Å². The zero-order valence-corrected chi connectivity index (χ0v) is 11.4. The molecule has 3 aromatic rings. The first-order valence-corrected chi connectivity index (χ1v) is 6.26. The van der Waals surface area contributed by atoms with E-state index in [0.29, 0.717) is 6.54 Å². The first kappa shape index (κ1) is 12.3. The Bertz CT molecular complexity index is 713. The molecule has 0 aliphatic heterocycles. The van der Waals surface area contributed by atoms with Gasteiger partial charge >= 0.3 is 0 Å². The Kier molecular flexibility index (Phi) is 3.16. The number of nitrogens with one attached hydrogen (secondary N) is 1. The summed E-state index contributed by atoms with van der Waals surface area (Å²) in [7, 11) is 3.78. The van der Waals surface area contributed by atoms with Crippen LogP contribution in [0.25, 0.3) is 11.4 Å². The minimum Gasteiger partial charge on any atom is -0.379 e. The Morgan fingerprint density at radius 2 is 2.00 bits per heavy atom. The van der Waals surface area contributed by atoms with Gasteiger partial charge < -0.3 is 9.88 Å². The normalized spacial score (nSPS) is 10.7. The van der Waals surface area contributed by atoms with E-state index in [1.807, 2.05) is 49.1 Å². The number of aromatic nitrogens is 6. The van der Waals surface area contributed by atoms with Crippen LogP contribution in [-0.4, -0.2) is 29.8 Å². The topological polar surface area (TPSA) is 73.5 Å². The highest BCUT2D eigenvalue weighted by molar-refractivity contribution is 5.73. The Labute approximate surface area is 116 Å². The number of aryl methyl sites for hydroxylation is 2. The quantitative estimate of drug-likeness (QED) is 0.771. The van der Waals surface area contributed by atoms with Crippen LogP contribution >= 0.6 is 0 Å². The van der Waals surface area contributed by atoms with Gasteiger partial charge in [0.1, 0.15) is 12.0 Å². The van der Waals surface area contributed by atoms with Crippen molar-refractivity contribution in [3.05, 3.63) is 42.5 Å². The van der Waals surface area contributed by atoms with E-state index in [-0.39, 0.29) is 0 Å². The van der Waals surface area contributed by atoms with Crippen LogP contribution in [0, 0.1) is 0 Å². The van der Waals surface area contributed by atoms with E-state index in [2.05, 4.69) is 25.8 Å². The molecule has 0 aliphatic carbocycles. The summed E-state index contributed by atoms with van der Waals surface area (Å²) in [5.74, 6) is 0.826. The van der Waals surface area contributed by atoms with Crippen LogP contribution in [0.2, 0.25) is 0 Å². The van der Waals surface area contributed by atoms with E-state index < -0.39 is 0 Å². The summed E-state index contributed by atoms with van der Waals surface area (Å²) in [4.78, 5) is 0. The molecule has 0 amide bonds. The lowest BCUT2D eigenvalue weighted by Gasteiger charge is -2.10. The molecule has 7 heteroatoms. The number of nitrogens with zero attached hydrogens (tertiary/aromatic N) is 6. The lowest BCUT2D eigenvalue weighted by Crippen LogP contribution is -2.03. The van der Waals surface area contributed by atoms with Crippen molar-refractivity contribution >= 4 is 5.69 Å². The van der Waals surface area contributed by atoms with Crippen molar-refractivity contribution in [2.45, 2.75) is 6.54 Å². The summed E-state index contributed by atoms with van der Waals surface area (Å²) in [5.41, 5.74) is 2.89. The largest absolute Gasteiger partial charge is 0.379 e. The molecule has 20 heavy (non-hydrogen) atoms. The minimum atomic E-state index is 0.614. The van der Waals surface area contributed by atoms with Gasteiger partial charge in [0.2, 0.25) is 0 Å². The molecule has 3 rings (SSSR count). The molecule has 0 spiro atoms. The van der Waals surface area contributed by atoms with E-state index in [0.717, 1.165) is 22.8 Å². The maximum atomic E-state index is 4.15. The fourth-order valence-electron chi connectivity index (χ4n) is 2.02. The van der Waals surface area contributed by atoms with Crippen molar-refractivity contribution in [2.75, 3.05) is 5.32 Å². The maximum Gasteiger partial charge on any atom is 0.165 e. The SMILES string of the molecule is Cn1cc(CNc2ccccc2-c2nncn2C)nn1. The molecular formula is C13H15N7. The summed E-state index contributed by atoms with van der Waals surface area (Å²) >= 11 is 0. The molecule has 0 unspecified atom stereocenters. The number of hydrogen-bond donors (Lipinski definition) is 1. The molecule has 0 atom stereocenters. The predicted molar refractivity (Wildman–Crippen MR) is 74.8 cm³/mol. The van der Waals surface area contributed by atoms with E-state index >= 15 is 0 Å². The molecule has 0 saturated heterocycles. The molecule has 2 heterocycles. The van der Waals surface area contributed by atoms with Crippen LogP contribution in [0.5, 0.6) is 0 Å². The summed E-state index contributed by atoms with van der Waals surface area (Å²) in [6.07, 6.45) is 3.58. The molecule has 102 valence electrons. The van der Waals surface area contributed by atoms with Gasteiger partial charge in [0.25, 0.3) is 0 Å². The molecule has 0 fully saturated rings. The molecule has 2 aromatic heterocycles. The standard InChI is InChI=1S/C13H15N7/c1-19-9-15-17-13(19)11-5-3-4-6-12(11)14-7-10-8-20(2)18-16-10/h3-6,8-9,14H,7H2,1-2H3. The number of rotatable bonds is 4. The Morgan fingerprint density at radius 3 is 2.70 bits per heavy atom. The van der Waals surface area contributed by atoms with Gasteiger partial charge in [0, 0.05) is 31.5 Å². The van der Waals surface area contributed by atoms with Gasteiger partial charge in [-0.25, -0.2) is 0 Å². The fraction of sp³-hybridized carbons (Fsp3) is 0.231. The smallest absolute Gasteiger partial charge is 0.165 e. The van der Waals surface area contributed by atoms with Gasteiger partial charge in [0.15, 0.2) is 5.82 Å². The zero-order chi connectivity index (χ0) is 13.9. The van der Waals surface area contributed by atoms with E-state index in [9.17, 15) is 0 Å². The predicted octanol–water partition coefficient (Wildman–Crippen LogP) is 1.22. The van der Waals surface area contributed by atoms with Gasteiger partial charge in [-0.3, -0.25) is 4.68 Å². The number of para-hydroxylation sites is 1. The lowest BCUT2D eigenvalue weighted by molar-refractivity contribution is 0.713. The van der Waals surface area contributed by atoms with Crippen molar-refractivity contribution in [1.29, 1.82) is 0 Å². The second-order valence-corrected chi connectivity index (χ2v) is 4.55. The van der Waals surface area contributed by atoms with Crippen molar-refractivity contribution in [3.63, 3.8) is 0 Å². The van der Waals surface area contributed by atoms with E-state index in [1.165, 1.54) is 0 Å². The van der Waals surface area contributed by atoms with Gasteiger partial charge in [-0.15, -0.1) is 15.3 Å². The third-order valence-electron chi connectivity index (χ3n) is 2.99. The first-order valence-electron chi connectivity index (χ1n) is 6.26. The average molecular weight is 269 g/mol. The number of benzene rings is 1. The molecule has 0 aliphatic rings. The average Bonchev–Trinajstić information content (AvgIpc) is 3.05. The highest BCUT2D eigenvalue weighted by atomic mass is 15.4. The van der Waals surface area contributed by atoms with Crippen LogP contribution in [0.1, 0.15) is 5.69 Å². The molecule has 0 bridgehead atoms. The third-order valence-corrected chi connectivity index (χ3v) is 2.99. The first-order chi connectivity index (χ1) is 9.74. The van der Waals surface area contributed by atoms with Crippen molar-refractivity contribution in [3.8, 4) is 11.4 Å². The van der Waals surface area contributed by atoms with Gasteiger partial charge in [-0.2, -0.15) is 0 Å². The Morgan fingerprint density at radius 1 is 1.15 bits per heavy atom. The van der Waals surface area contributed by atoms with Gasteiger partial charge in [-0.05, 0) is 12.1 Å². The van der Waals surface area contributed by atoms with Crippen molar-refractivity contribution < 1.29 is 0 Å². The second-order valence-electron chi connectivity index (χ2n) is 4.55. The summed E-state index contributed by atoms with van der Waals surface area (Å²) in [6, 6.07) is 8.00. The van der Waals surface area contributed by atoms with Gasteiger partial charge in [-0.1, -0.05) is 17.3 Å². The summed E-state index contributed by atoms with van der Waals surface area (Å²) in [5, 5.41) is 19.4. The molecule has 1 aromatic carbocycles. The minimum absolute atomic E-state index is 0.614. The van der Waals surface area contributed by atoms with Crippen LogP contribution in [0.3, 0.4) is 0 Å². The van der Waals surface area contributed by atoms with Crippen LogP contribution in [0.15, 0.2) is 36.8 Å². The summed E-state index contributed by atoms with van der Waals surface area (Å²) in [6.45, 7) is 0.614. The molecule has 0 saturated carbocycles. The highest BCUT2D eigenvalue weighted by Crippen LogP contribution is 2.25. The maximum absolute atomic E-state index is 4.15. The fourth-order valence-corrected chi connectivity index (χ4v) is 2.02. The molecule has 7 nitrogen and oxygen atoms in total. The molecular weight excluding hydrogens is 254 g/mol. The Balaban J connectivity index is 1.85. The Hall–Kier alpha value is -2.70. The van der Waals surface area contributed by atoms with E-state index in [1.54, 1.807) is 11.0 Å². The van der Waals surface area contributed by atoms with Gasteiger partial charge in [0.05, 0.1) is 6.54 Å². The highest BCUT2D eigenvalue weighted by Gasteiger charge is 2.09. The second kappa shape index (κ2) is 5.12. The van der Waals surface area contributed by atoms with Crippen molar-refractivity contribution in [2.24, 2.45) is 14.1 Å². The molecule has 0 radical (unpaired) electrons. The summed E-state index contributed by atoms with van der Waals surface area (Å²) < 4.78 is 3.58. The van der Waals surface area contributed by atoms with E-state index in [4.69, 9.17) is 0 Å². The van der Waals surface area contributed by atoms with Crippen LogP contribution in [0.4, 0.5) is 5.69 Å². The number of anilines is 1. The zero-order valence-electron chi connectivity index (χ0n) is 11.4. The van der Waals surface area contributed by atoms with Crippen molar-refractivity contribution in [1.82, 2.24) is 29.8 Å². The third kappa shape index (κ3) is 2.37. The number of hydrogen-bond acceptors (Lipinski definition) is 5. The monoisotopic (exact) mass is 269 g/mol. The molecule has 1 N–H and O–H groups in total. The lowest BCUT2D eigenvalue weighted by atomic mass is 10.1. The van der Waals surface area contributed by atoms with Crippen LogP contribution < -0.4 is 5.32 Å².